The third-order valence-corrected chi connectivity index (χ3v) is 0.647. The molecule has 4 nitrogen and oxygen atoms in total. The summed E-state index contributed by atoms with van der Waals surface area (Å²) in [5, 5.41) is 2.75. The highest BCUT2D eigenvalue weighted by molar-refractivity contribution is 5.50. The zero-order valence-electron chi connectivity index (χ0n) is 6.11. The van der Waals surface area contributed by atoms with Crippen LogP contribution in [0.3, 0.4) is 0 Å². The Morgan fingerprint density at radius 2 is 2.20 bits per heavy atom. The molecular weight excluding hydrogens is 130 g/mol. The number of nitrogens with zero attached hydrogens (tertiary/aromatic N) is 2. The van der Waals surface area contributed by atoms with E-state index in [2.05, 4.69) is 10.3 Å². The largest absolute Gasteiger partial charge is 0.323 e. The topological polar surface area (TPSA) is 46.9 Å². The molecule has 0 fully saturated rings. The zero-order valence-corrected chi connectivity index (χ0v) is 6.11. The molecule has 1 aromatic rings. The number of rotatable bonds is 1. The molecular formula is C6H11N3O. The minimum Gasteiger partial charge on any atom is -0.323 e. The molecule has 1 aromatic heterocycles. The van der Waals surface area contributed by atoms with E-state index in [0.717, 1.165) is 0 Å². The Kier molecular flexibility index (Phi) is 5.28. The fourth-order valence-electron chi connectivity index (χ4n) is 0.332. The number of hydrogen-bond donors (Lipinski definition) is 1. The number of carbonyl (C=O) groups is 1. The van der Waals surface area contributed by atoms with Gasteiger partial charge in [0.1, 0.15) is 6.33 Å². The van der Waals surface area contributed by atoms with Crippen LogP contribution < -0.4 is 5.32 Å². The maximum Gasteiger partial charge on any atom is 0.218 e. The van der Waals surface area contributed by atoms with Crippen molar-refractivity contribution in [3.05, 3.63) is 18.7 Å². The molecule has 0 unspecified atom stereocenters. The smallest absolute Gasteiger partial charge is 0.218 e. The predicted octanol–water partition coefficient (Wildman–Crippen LogP) is -0.243. The Hall–Kier alpha value is -1.16. The van der Waals surface area contributed by atoms with Gasteiger partial charge < -0.3 is 5.32 Å². The van der Waals surface area contributed by atoms with Crippen LogP contribution in [0.5, 0.6) is 0 Å². The minimum absolute atomic E-state index is 0.688. The Morgan fingerprint density at radius 3 is 2.40 bits per heavy atom. The molecule has 0 saturated heterocycles. The standard InChI is InChI=1S/C4H4N2O.C2H7N/c7-4-6-2-1-5-3-6;1-3-2/h1-4H;3H,1-2H3. The average Bonchev–Trinajstić information content (AvgIpc) is 2.39. The Balaban J connectivity index is 0.000000236. The first-order valence-electron chi connectivity index (χ1n) is 2.86. The lowest BCUT2D eigenvalue weighted by Gasteiger charge is -1.75. The molecule has 0 atom stereocenters. The summed E-state index contributed by atoms with van der Waals surface area (Å²) in [6.45, 7) is 0. The van der Waals surface area contributed by atoms with Gasteiger partial charge in [-0.15, -0.1) is 0 Å². The number of imidazole rings is 1. The van der Waals surface area contributed by atoms with Crippen molar-refractivity contribution in [2.24, 2.45) is 0 Å². The van der Waals surface area contributed by atoms with E-state index in [1.807, 2.05) is 14.1 Å². The molecule has 0 spiro atoms. The summed E-state index contributed by atoms with van der Waals surface area (Å²) in [4.78, 5) is 13.4. The van der Waals surface area contributed by atoms with E-state index in [4.69, 9.17) is 0 Å². The van der Waals surface area contributed by atoms with Gasteiger partial charge in [0, 0.05) is 12.4 Å². The molecule has 0 aliphatic heterocycles. The summed E-state index contributed by atoms with van der Waals surface area (Å²) >= 11 is 0. The van der Waals surface area contributed by atoms with Crippen molar-refractivity contribution in [2.45, 2.75) is 0 Å². The number of hydrogen-bond acceptors (Lipinski definition) is 3. The quantitative estimate of drug-likeness (QED) is 0.549. The van der Waals surface area contributed by atoms with Crippen molar-refractivity contribution in [3.63, 3.8) is 0 Å². The fourth-order valence-corrected chi connectivity index (χ4v) is 0.332. The molecule has 0 aromatic carbocycles. The molecule has 1 rings (SSSR count). The lowest BCUT2D eigenvalue weighted by atomic mass is 10.9. The Bertz CT molecular complexity index is 160. The van der Waals surface area contributed by atoms with Crippen LogP contribution in [-0.4, -0.2) is 30.1 Å². The van der Waals surface area contributed by atoms with Gasteiger partial charge in [-0.1, -0.05) is 0 Å². The third-order valence-electron chi connectivity index (χ3n) is 0.647. The molecule has 0 radical (unpaired) electrons. The molecule has 56 valence electrons. The number of aromatic nitrogens is 2. The van der Waals surface area contributed by atoms with Crippen LogP contribution in [0.25, 0.3) is 0 Å². The van der Waals surface area contributed by atoms with Gasteiger partial charge in [0.2, 0.25) is 6.41 Å². The maximum atomic E-state index is 9.79. The highest BCUT2D eigenvalue weighted by atomic mass is 16.1. The second-order valence-corrected chi connectivity index (χ2v) is 1.62. The van der Waals surface area contributed by atoms with E-state index < -0.39 is 0 Å². The highest BCUT2D eigenvalue weighted by Gasteiger charge is 1.76. The van der Waals surface area contributed by atoms with Crippen molar-refractivity contribution in [2.75, 3.05) is 14.1 Å². The molecule has 0 aliphatic carbocycles. The van der Waals surface area contributed by atoms with Crippen molar-refractivity contribution in [3.8, 4) is 0 Å². The van der Waals surface area contributed by atoms with E-state index >= 15 is 0 Å². The second kappa shape index (κ2) is 5.97. The number of nitrogens with one attached hydrogen (secondary N) is 1. The van der Waals surface area contributed by atoms with Crippen LogP contribution in [0.2, 0.25) is 0 Å². The average molecular weight is 141 g/mol. The maximum absolute atomic E-state index is 9.79. The van der Waals surface area contributed by atoms with E-state index in [1.165, 1.54) is 10.9 Å². The predicted molar refractivity (Wildman–Crippen MR) is 39.4 cm³/mol. The Labute approximate surface area is 59.9 Å². The van der Waals surface area contributed by atoms with Crippen LogP contribution >= 0.6 is 0 Å². The summed E-state index contributed by atoms with van der Waals surface area (Å²) in [6, 6.07) is 0. The van der Waals surface area contributed by atoms with Crippen molar-refractivity contribution < 1.29 is 4.79 Å². The highest BCUT2D eigenvalue weighted by Crippen LogP contribution is 1.74. The first-order valence-corrected chi connectivity index (χ1v) is 2.86. The Morgan fingerprint density at radius 1 is 1.60 bits per heavy atom. The van der Waals surface area contributed by atoms with Crippen molar-refractivity contribution in [1.82, 2.24) is 14.9 Å². The van der Waals surface area contributed by atoms with Crippen LogP contribution in [0.15, 0.2) is 18.7 Å². The first kappa shape index (κ1) is 8.84. The summed E-state index contributed by atoms with van der Waals surface area (Å²) in [5.41, 5.74) is 0. The first-order chi connectivity index (χ1) is 4.85. The molecule has 10 heavy (non-hydrogen) atoms. The van der Waals surface area contributed by atoms with Crippen LogP contribution in [-0.2, 0) is 4.79 Å². The molecule has 1 N–H and O–H groups in total. The summed E-state index contributed by atoms with van der Waals surface area (Å²) < 4.78 is 1.33. The normalized spacial score (nSPS) is 7.80. The second-order valence-electron chi connectivity index (χ2n) is 1.62. The van der Waals surface area contributed by atoms with E-state index in [9.17, 15) is 4.79 Å². The van der Waals surface area contributed by atoms with Gasteiger partial charge in [-0.25, -0.2) is 4.98 Å². The van der Waals surface area contributed by atoms with Gasteiger partial charge in [0.15, 0.2) is 0 Å². The minimum atomic E-state index is 0.688. The lowest BCUT2D eigenvalue weighted by molar-refractivity contribution is 0.547. The van der Waals surface area contributed by atoms with E-state index in [-0.39, 0.29) is 0 Å². The van der Waals surface area contributed by atoms with Crippen LogP contribution in [0, 0.1) is 0 Å². The lowest BCUT2D eigenvalue weighted by Crippen LogP contribution is -1.89. The van der Waals surface area contributed by atoms with Gasteiger partial charge >= 0.3 is 0 Å². The van der Waals surface area contributed by atoms with Gasteiger partial charge in [-0.05, 0) is 14.1 Å². The summed E-state index contributed by atoms with van der Waals surface area (Å²) in [6.07, 6.45) is 5.25. The van der Waals surface area contributed by atoms with Crippen LogP contribution in [0.1, 0.15) is 0 Å². The SMILES string of the molecule is CNC.O=Cn1ccnc1. The van der Waals surface area contributed by atoms with E-state index in [0.29, 0.717) is 6.41 Å². The molecule has 0 aliphatic rings. The number of carbonyl (C=O) groups excluding carboxylic acids is 1. The van der Waals surface area contributed by atoms with Crippen molar-refractivity contribution >= 4 is 6.41 Å². The fraction of sp³-hybridized carbons (Fsp3) is 0.333. The van der Waals surface area contributed by atoms with Gasteiger partial charge in [-0.2, -0.15) is 0 Å². The monoisotopic (exact) mass is 141 g/mol. The zero-order chi connectivity index (χ0) is 7.82. The van der Waals surface area contributed by atoms with E-state index in [1.54, 1.807) is 12.4 Å². The molecule has 4 heteroatoms. The van der Waals surface area contributed by atoms with Crippen LogP contribution in [0.4, 0.5) is 0 Å². The third kappa shape index (κ3) is 3.80. The van der Waals surface area contributed by atoms with Gasteiger partial charge in [0.05, 0.1) is 0 Å². The molecule has 0 bridgehead atoms. The van der Waals surface area contributed by atoms with Gasteiger partial charge in [0.25, 0.3) is 0 Å². The molecule has 0 saturated carbocycles. The van der Waals surface area contributed by atoms with Gasteiger partial charge in [-0.3, -0.25) is 9.36 Å². The summed E-state index contributed by atoms with van der Waals surface area (Å²) in [7, 11) is 3.75. The molecule has 1 heterocycles. The summed E-state index contributed by atoms with van der Waals surface area (Å²) in [5.74, 6) is 0. The van der Waals surface area contributed by atoms with Crippen molar-refractivity contribution in [1.29, 1.82) is 0 Å². The molecule has 0 amide bonds.